The number of aliphatic carboxylic acids is 1. The van der Waals surface area contributed by atoms with Crippen LogP contribution in [0.15, 0.2) is 23.0 Å². The van der Waals surface area contributed by atoms with E-state index >= 15 is 0 Å². The van der Waals surface area contributed by atoms with Crippen molar-refractivity contribution in [1.82, 2.24) is 10.6 Å². The molecule has 0 saturated heterocycles. The summed E-state index contributed by atoms with van der Waals surface area (Å²) in [6.07, 6.45) is 3.00. The molecule has 1 aromatic heterocycles. The fourth-order valence-corrected chi connectivity index (χ4v) is 1.34. The molecule has 7 heteroatoms. The third-order valence-corrected chi connectivity index (χ3v) is 2.39. The van der Waals surface area contributed by atoms with Crippen molar-refractivity contribution in [2.45, 2.75) is 25.8 Å². The molecule has 2 amide bonds. The molecule has 0 aliphatic carbocycles. The highest BCUT2D eigenvalue weighted by molar-refractivity contribution is 5.97. The van der Waals surface area contributed by atoms with Crippen LogP contribution >= 0.6 is 0 Å². The maximum absolute atomic E-state index is 11.6. The Hall–Kier alpha value is -2.31. The van der Waals surface area contributed by atoms with Crippen LogP contribution in [0.2, 0.25) is 0 Å². The van der Waals surface area contributed by atoms with Gasteiger partial charge < -0.3 is 20.2 Å². The molecule has 1 atom stereocenters. The maximum atomic E-state index is 11.6. The molecule has 1 rings (SSSR count). The number of rotatable bonds is 7. The van der Waals surface area contributed by atoms with Crippen LogP contribution in [0.3, 0.4) is 0 Å². The van der Waals surface area contributed by atoms with Gasteiger partial charge in [0.05, 0.1) is 11.8 Å². The van der Waals surface area contributed by atoms with Crippen LogP contribution in [0.4, 0.5) is 0 Å². The van der Waals surface area contributed by atoms with Crippen LogP contribution in [0.25, 0.3) is 0 Å². The predicted molar refractivity (Wildman–Crippen MR) is 65.5 cm³/mol. The van der Waals surface area contributed by atoms with Gasteiger partial charge in [0.25, 0.3) is 5.91 Å². The van der Waals surface area contributed by atoms with E-state index < -0.39 is 17.9 Å². The average Bonchev–Trinajstić information content (AvgIpc) is 2.87. The molecule has 0 aliphatic heterocycles. The molecular formula is C12H16N2O5. The second-order valence-corrected chi connectivity index (χ2v) is 4.00. The minimum Gasteiger partial charge on any atom is -0.481 e. The van der Waals surface area contributed by atoms with Gasteiger partial charge in [-0.2, -0.15) is 0 Å². The van der Waals surface area contributed by atoms with Gasteiger partial charge in [0.15, 0.2) is 0 Å². The SMILES string of the molecule is CC(NC(=O)c1ccoc1)C(=O)NCCCC(=O)O. The fraction of sp³-hybridized carbons (Fsp3) is 0.417. The lowest BCUT2D eigenvalue weighted by atomic mass is 10.2. The van der Waals surface area contributed by atoms with Crippen molar-refractivity contribution in [3.8, 4) is 0 Å². The lowest BCUT2D eigenvalue weighted by Gasteiger charge is -2.13. The van der Waals surface area contributed by atoms with Crippen molar-refractivity contribution >= 4 is 17.8 Å². The van der Waals surface area contributed by atoms with Gasteiger partial charge in [0, 0.05) is 13.0 Å². The lowest BCUT2D eigenvalue weighted by molar-refractivity contribution is -0.137. The topological polar surface area (TPSA) is 109 Å². The zero-order valence-electron chi connectivity index (χ0n) is 10.5. The van der Waals surface area contributed by atoms with E-state index in [1.54, 1.807) is 6.92 Å². The Kier molecular flexibility index (Phi) is 5.59. The molecule has 7 nitrogen and oxygen atoms in total. The number of carboxylic acids is 1. The van der Waals surface area contributed by atoms with Gasteiger partial charge in [0.1, 0.15) is 12.3 Å². The number of hydrogen-bond acceptors (Lipinski definition) is 4. The van der Waals surface area contributed by atoms with Crippen molar-refractivity contribution in [1.29, 1.82) is 0 Å². The van der Waals surface area contributed by atoms with Crippen LogP contribution < -0.4 is 10.6 Å². The molecule has 1 heterocycles. The number of carboxylic acid groups (broad SMARTS) is 1. The summed E-state index contributed by atoms with van der Waals surface area (Å²) in [5, 5.41) is 13.5. The summed E-state index contributed by atoms with van der Waals surface area (Å²) in [5.41, 5.74) is 0.338. The summed E-state index contributed by atoms with van der Waals surface area (Å²) in [6.45, 7) is 1.81. The van der Waals surface area contributed by atoms with Gasteiger partial charge in [0.2, 0.25) is 5.91 Å². The van der Waals surface area contributed by atoms with E-state index in [2.05, 4.69) is 10.6 Å². The number of hydrogen-bond donors (Lipinski definition) is 3. The average molecular weight is 268 g/mol. The zero-order chi connectivity index (χ0) is 14.3. The molecule has 0 radical (unpaired) electrons. The minimum atomic E-state index is -0.907. The third kappa shape index (κ3) is 5.24. The number of furan rings is 1. The van der Waals surface area contributed by atoms with E-state index in [9.17, 15) is 14.4 Å². The first-order valence-corrected chi connectivity index (χ1v) is 5.83. The summed E-state index contributed by atoms with van der Waals surface area (Å²) in [4.78, 5) is 33.5. The van der Waals surface area contributed by atoms with E-state index in [4.69, 9.17) is 9.52 Å². The highest BCUT2D eigenvalue weighted by Crippen LogP contribution is 2.00. The van der Waals surface area contributed by atoms with Crippen LogP contribution in [0.5, 0.6) is 0 Å². The van der Waals surface area contributed by atoms with Crippen molar-refractivity contribution in [3.05, 3.63) is 24.2 Å². The molecule has 0 aliphatic rings. The number of carbonyl (C=O) groups is 3. The molecule has 0 saturated carbocycles. The normalized spacial score (nSPS) is 11.6. The van der Waals surface area contributed by atoms with Gasteiger partial charge >= 0.3 is 5.97 Å². The number of amides is 2. The smallest absolute Gasteiger partial charge is 0.303 e. The Morgan fingerprint density at radius 3 is 2.74 bits per heavy atom. The summed E-state index contributed by atoms with van der Waals surface area (Å²) >= 11 is 0. The van der Waals surface area contributed by atoms with Gasteiger partial charge in [-0.05, 0) is 19.4 Å². The molecule has 0 bridgehead atoms. The van der Waals surface area contributed by atoms with Crippen LogP contribution in [-0.2, 0) is 9.59 Å². The standard InChI is InChI=1S/C12H16N2O5/c1-8(11(17)13-5-2-3-10(15)16)14-12(18)9-4-6-19-7-9/h4,6-8H,2-3,5H2,1H3,(H,13,17)(H,14,18)(H,15,16). The molecular weight excluding hydrogens is 252 g/mol. The van der Waals surface area contributed by atoms with Crippen molar-refractivity contribution < 1.29 is 23.9 Å². The van der Waals surface area contributed by atoms with Gasteiger partial charge in [-0.3, -0.25) is 14.4 Å². The zero-order valence-corrected chi connectivity index (χ0v) is 10.5. The highest BCUT2D eigenvalue weighted by Gasteiger charge is 2.16. The van der Waals surface area contributed by atoms with E-state index in [-0.39, 0.29) is 18.9 Å². The molecule has 1 unspecified atom stereocenters. The summed E-state index contributed by atoms with van der Waals surface area (Å²) in [6, 6.07) is 0.791. The van der Waals surface area contributed by atoms with E-state index in [1.165, 1.54) is 18.6 Å². The fourth-order valence-electron chi connectivity index (χ4n) is 1.34. The monoisotopic (exact) mass is 268 g/mol. The second-order valence-electron chi connectivity index (χ2n) is 4.00. The quantitative estimate of drug-likeness (QED) is 0.619. The molecule has 19 heavy (non-hydrogen) atoms. The first kappa shape index (κ1) is 14.7. The first-order chi connectivity index (χ1) is 9.00. The first-order valence-electron chi connectivity index (χ1n) is 5.83. The minimum absolute atomic E-state index is 0.00393. The van der Waals surface area contributed by atoms with Gasteiger partial charge in [-0.25, -0.2) is 0 Å². The third-order valence-electron chi connectivity index (χ3n) is 2.39. The van der Waals surface area contributed by atoms with Crippen LogP contribution in [-0.4, -0.2) is 35.5 Å². The van der Waals surface area contributed by atoms with Crippen LogP contribution in [0.1, 0.15) is 30.1 Å². The van der Waals surface area contributed by atoms with Gasteiger partial charge in [-0.1, -0.05) is 0 Å². The summed E-state index contributed by atoms with van der Waals surface area (Å²) < 4.78 is 4.76. The van der Waals surface area contributed by atoms with E-state index in [1.807, 2.05) is 0 Å². The van der Waals surface area contributed by atoms with Crippen molar-refractivity contribution in [3.63, 3.8) is 0 Å². The Labute approximate surface area is 110 Å². The lowest BCUT2D eigenvalue weighted by Crippen LogP contribution is -2.45. The highest BCUT2D eigenvalue weighted by atomic mass is 16.4. The van der Waals surface area contributed by atoms with E-state index in [0.29, 0.717) is 12.0 Å². The Bertz CT molecular complexity index is 441. The molecule has 3 N–H and O–H groups in total. The summed E-state index contributed by atoms with van der Waals surface area (Å²) in [5.74, 6) is -1.67. The van der Waals surface area contributed by atoms with E-state index in [0.717, 1.165) is 0 Å². The Morgan fingerprint density at radius 1 is 1.42 bits per heavy atom. The molecule has 0 fully saturated rings. The van der Waals surface area contributed by atoms with Crippen LogP contribution in [0, 0.1) is 0 Å². The van der Waals surface area contributed by atoms with Crippen molar-refractivity contribution in [2.24, 2.45) is 0 Å². The summed E-state index contributed by atoms with van der Waals surface area (Å²) in [7, 11) is 0. The largest absolute Gasteiger partial charge is 0.481 e. The maximum Gasteiger partial charge on any atom is 0.303 e. The number of nitrogens with one attached hydrogen (secondary N) is 2. The Balaban J connectivity index is 2.28. The molecule has 0 spiro atoms. The van der Waals surface area contributed by atoms with Gasteiger partial charge in [-0.15, -0.1) is 0 Å². The number of carbonyl (C=O) groups excluding carboxylic acids is 2. The van der Waals surface area contributed by atoms with Crippen molar-refractivity contribution in [2.75, 3.05) is 6.54 Å². The second kappa shape index (κ2) is 7.20. The molecule has 0 aromatic carbocycles. The Morgan fingerprint density at radius 2 is 2.16 bits per heavy atom. The predicted octanol–water partition coefficient (Wildman–Crippen LogP) is 0.379. The molecule has 104 valence electrons. The molecule has 1 aromatic rings.